The maximum Gasteiger partial charge on any atom is 0.151 e. The monoisotopic (exact) mass is 770 g/mol. The molecule has 0 amide bonds. The lowest BCUT2D eigenvalue weighted by atomic mass is 9.94. The molecule has 0 aliphatic carbocycles. The molecule has 1 aliphatic rings. The van der Waals surface area contributed by atoms with Crippen molar-refractivity contribution in [2.24, 2.45) is 9.98 Å². The molecular weight excluding hydrogens is 733 g/mol. The van der Waals surface area contributed by atoms with E-state index < -0.39 is 0 Å². The van der Waals surface area contributed by atoms with E-state index in [-0.39, 0.29) is 0 Å². The quantitative estimate of drug-likeness (QED) is 0.144. The zero-order valence-corrected chi connectivity index (χ0v) is 32.7. The average molecular weight is 771 g/mol. The van der Waals surface area contributed by atoms with Gasteiger partial charge in [-0.05, 0) is 100 Å². The molecule has 0 bridgehead atoms. The number of aliphatic imine (C=N–C) groups is 2. The zero-order chi connectivity index (χ0) is 40.0. The molecule has 0 saturated heterocycles. The molecule has 0 atom stereocenters. The number of hydrogen-bond donors (Lipinski definition) is 0. The molecule has 60 heavy (non-hydrogen) atoms. The summed E-state index contributed by atoms with van der Waals surface area (Å²) in [5, 5.41) is 4.84. The van der Waals surface area contributed by atoms with Gasteiger partial charge in [0.25, 0.3) is 0 Å². The highest BCUT2D eigenvalue weighted by Gasteiger charge is 2.26. The van der Waals surface area contributed by atoms with E-state index in [1.807, 2.05) is 36.4 Å². The van der Waals surface area contributed by atoms with Crippen molar-refractivity contribution in [2.75, 3.05) is 4.90 Å². The van der Waals surface area contributed by atoms with Gasteiger partial charge in [-0.2, -0.15) is 0 Å². The van der Waals surface area contributed by atoms with Crippen LogP contribution < -0.4 is 9.64 Å². The van der Waals surface area contributed by atoms with E-state index >= 15 is 0 Å². The fraction of sp³-hybridized carbons (Fsp3) is 0.0182. The van der Waals surface area contributed by atoms with Crippen molar-refractivity contribution in [1.82, 2.24) is 4.57 Å². The minimum absolute atomic E-state index is 0.412. The summed E-state index contributed by atoms with van der Waals surface area (Å²) in [6.07, 6.45) is 0. The molecule has 0 unspecified atom stereocenters. The van der Waals surface area contributed by atoms with Crippen molar-refractivity contribution in [1.29, 1.82) is 0 Å². The van der Waals surface area contributed by atoms with Gasteiger partial charge in [0.05, 0.1) is 33.8 Å². The van der Waals surface area contributed by atoms with Gasteiger partial charge < -0.3 is 14.2 Å². The summed E-state index contributed by atoms with van der Waals surface area (Å²) in [6.45, 7) is 4.29. The number of rotatable bonds is 8. The molecule has 2 heterocycles. The first-order chi connectivity index (χ1) is 29.7. The third-order valence-corrected chi connectivity index (χ3v) is 11.6. The highest BCUT2D eigenvalue weighted by atomic mass is 16.5. The summed E-state index contributed by atoms with van der Waals surface area (Å²) < 4.78 is 8.83. The van der Waals surface area contributed by atoms with Gasteiger partial charge in [0.2, 0.25) is 0 Å². The molecule has 284 valence electrons. The first-order valence-electron chi connectivity index (χ1n) is 20.2. The summed E-state index contributed by atoms with van der Waals surface area (Å²) >= 11 is 0. The van der Waals surface area contributed by atoms with E-state index in [0.29, 0.717) is 6.67 Å². The lowest BCUT2D eigenvalue weighted by molar-refractivity contribution is 0.477. The second-order valence-electron chi connectivity index (χ2n) is 15.0. The van der Waals surface area contributed by atoms with Gasteiger partial charge in [0, 0.05) is 27.6 Å². The van der Waals surface area contributed by atoms with E-state index in [1.165, 1.54) is 27.1 Å². The van der Waals surface area contributed by atoms with Gasteiger partial charge in [0.15, 0.2) is 11.5 Å². The Bertz CT molecular complexity index is 3290. The lowest BCUT2D eigenvalue weighted by Gasteiger charge is -2.33. The smallest absolute Gasteiger partial charge is 0.151 e. The van der Waals surface area contributed by atoms with Crippen LogP contribution in [0.2, 0.25) is 0 Å². The third-order valence-electron chi connectivity index (χ3n) is 11.6. The molecule has 5 nitrogen and oxygen atoms in total. The minimum Gasteiger partial charge on any atom is -0.453 e. The number of aromatic nitrogens is 1. The van der Waals surface area contributed by atoms with Crippen LogP contribution in [0.25, 0.3) is 54.8 Å². The molecule has 10 aromatic rings. The molecule has 0 fully saturated rings. The number of anilines is 3. The number of ether oxygens (including phenoxy) is 1. The van der Waals surface area contributed by atoms with E-state index in [0.717, 1.165) is 78.8 Å². The molecular formula is C55H38N4O. The van der Waals surface area contributed by atoms with Crippen LogP contribution in [0.3, 0.4) is 0 Å². The zero-order valence-electron chi connectivity index (χ0n) is 32.7. The largest absolute Gasteiger partial charge is 0.453 e. The lowest BCUT2D eigenvalue weighted by Crippen LogP contribution is -2.15. The minimum atomic E-state index is 0.412. The number of hydrogen-bond acceptors (Lipinski definition) is 4. The fourth-order valence-electron chi connectivity index (χ4n) is 8.84. The molecule has 1 aromatic heterocycles. The van der Waals surface area contributed by atoms with Crippen LogP contribution in [0.5, 0.6) is 11.5 Å². The maximum atomic E-state index is 6.48. The Morgan fingerprint density at radius 2 is 1.22 bits per heavy atom. The number of nitrogens with zero attached hydrogens (tertiary/aromatic N) is 4. The van der Waals surface area contributed by atoms with Crippen molar-refractivity contribution in [3.05, 3.63) is 217 Å². The molecule has 0 saturated carbocycles. The summed E-state index contributed by atoms with van der Waals surface area (Å²) in [5.41, 5.74) is 13.6. The van der Waals surface area contributed by atoms with Gasteiger partial charge in [0.1, 0.15) is 6.67 Å². The molecule has 0 N–H and O–H groups in total. The Morgan fingerprint density at radius 3 is 2.10 bits per heavy atom. The summed E-state index contributed by atoms with van der Waals surface area (Å²) in [6, 6.07) is 72.4. The van der Waals surface area contributed by atoms with Crippen LogP contribution >= 0.6 is 0 Å². The van der Waals surface area contributed by atoms with Crippen molar-refractivity contribution >= 4 is 67.8 Å². The second kappa shape index (κ2) is 14.7. The number of para-hydroxylation sites is 4. The molecule has 5 heteroatoms. The van der Waals surface area contributed by atoms with Crippen molar-refractivity contribution in [3.8, 4) is 33.8 Å². The Balaban J connectivity index is 1.07. The predicted molar refractivity (Wildman–Crippen MR) is 250 cm³/mol. The molecule has 0 radical (unpaired) electrons. The Hall–Kier alpha value is -8.02. The van der Waals surface area contributed by atoms with Gasteiger partial charge in [-0.25, -0.2) is 0 Å². The van der Waals surface area contributed by atoms with Crippen LogP contribution in [-0.4, -0.2) is 17.0 Å². The SMILES string of the molecule is C=Nc1ccccc1/C(=N\Cn1c2cccc(-c3cccc(-c4ccc5c(c4)N(c4ccccc4)c4ccccc4O5)c3)c2c2c3ccccc3ccc21)c1ccccc1. The molecule has 1 aliphatic heterocycles. The van der Waals surface area contributed by atoms with Crippen LogP contribution in [-0.2, 0) is 6.67 Å². The summed E-state index contributed by atoms with van der Waals surface area (Å²) in [5.74, 6) is 1.66. The molecule has 11 rings (SSSR count). The van der Waals surface area contributed by atoms with Gasteiger partial charge >= 0.3 is 0 Å². The third kappa shape index (κ3) is 5.95. The first kappa shape index (κ1) is 35.2. The van der Waals surface area contributed by atoms with Crippen LogP contribution in [0.4, 0.5) is 22.7 Å². The van der Waals surface area contributed by atoms with Gasteiger partial charge in [-0.3, -0.25) is 9.98 Å². The normalized spacial score (nSPS) is 12.3. The van der Waals surface area contributed by atoms with E-state index in [1.54, 1.807) is 0 Å². The Labute approximate surface area is 348 Å². The van der Waals surface area contributed by atoms with Crippen molar-refractivity contribution < 1.29 is 4.74 Å². The standard InChI is InChI=1S/C55H38N4O/c1-56-46-26-11-10-24-45(46)55(38-17-4-2-5-18-38)57-36-58-48-28-15-25-44(54(48)53-43-23-9-8-16-37(43)30-32-49(53)58)41-20-14-19-39(34-41)40-31-33-52-50(35-40)59(42-21-6-3-7-22-42)47-27-12-13-29-51(47)60-52/h2-35H,1,36H2/b57-55-. The highest BCUT2D eigenvalue weighted by molar-refractivity contribution is 6.24. The van der Waals surface area contributed by atoms with E-state index in [4.69, 9.17) is 9.73 Å². The topological polar surface area (TPSA) is 42.1 Å². The molecule has 9 aromatic carbocycles. The van der Waals surface area contributed by atoms with Crippen molar-refractivity contribution in [3.63, 3.8) is 0 Å². The van der Waals surface area contributed by atoms with E-state index in [9.17, 15) is 0 Å². The Kier molecular flexibility index (Phi) is 8.63. The average Bonchev–Trinajstić information content (AvgIpc) is 3.65. The summed E-state index contributed by atoms with van der Waals surface area (Å²) in [7, 11) is 0. The number of fused-ring (bicyclic) bond motifs is 7. The van der Waals surface area contributed by atoms with Crippen LogP contribution in [0.1, 0.15) is 11.1 Å². The fourth-order valence-corrected chi connectivity index (χ4v) is 8.84. The molecule has 0 spiro atoms. The second-order valence-corrected chi connectivity index (χ2v) is 15.0. The van der Waals surface area contributed by atoms with Crippen molar-refractivity contribution in [2.45, 2.75) is 6.67 Å². The van der Waals surface area contributed by atoms with Gasteiger partial charge in [-0.1, -0.05) is 146 Å². The summed E-state index contributed by atoms with van der Waals surface area (Å²) in [4.78, 5) is 12.1. The number of benzene rings is 9. The van der Waals surface area contributed by atoms with Crippen LogP contribution in [0.15, 0.2) is 216 Å². The first-order valence-corrected chi connectivity index (χ1v) is 20.2. The van der Waals surface area contributed by atoms with E-state index in [2.05, 4.69) is 191 Å². The van der Waals surface area contributed by atoms with Crippen LogP contribution in [0, 0.1) is 0 Å². The Morgan fingerprint density at radius 1 is 0.517 bits per heavy atom. The maximum absolute atomic E-state index is 6.48. The van der Waals surface area contributed by atoms with Gasteiger partial charge in [-0.15, -0.1) is 0 Å². The highest BCUT2D eigenvalue weighted by Crippen LogP contribution is 2.51. The predicted octanol–water partition coefficient (Wildman–Crippen LogP) is 14.7.